The topological polar surface area (TPSA) is 36.3 Å². The van der Waals surface area contributed by atoms with E-state index in [4.69, 9.17) is 9.47 Å². The van der Waals surface area contributed by atoms with Crippen LogP contribution in [0.3, 0.4) is 0 Å². The maximum absolute atomic E-state index is 5.72. The molecule has 1 aromatic heterocycles. The van der Waals surface area contributed by atoms with Gasteiger partial charge in [0.15, 0.2) is 11.5 Å². The van der Waals surface area contributed by atoms with E-state index < -0.39 is 0 Å². The van der Waals surface area contributed by atoms with Crippen LogP contribution in [-0.2, 0) is 13.5 Å². The molecule has 0 saturated heterocycles. The summed E-state index contributed by atoms with van der Waals surface area (Å²) in [5, 5.41) is 4.19. The summed E-state index contributed by atoms with van der Waals surface area (Å²) in [6.45, 7) is 1.48. The Bertz CT molecular complexity index is 598. The number of hydrogen-bond donors (Lipinski definition) is 0. The van der Waals surface area contributed by atoms with E-state index in [1.165, 1.54) is 10.5 Å². The second-order valence-corrected chi connectivity index (χ2v) is 6.30. The summed E-state index contributed by atoms with van der Waals surface area (Å²) in [6.07, 6.45) is 7.19. The number of benzene rings is 1. The maximum atomic E-state index is 5.72. The van der Waals surface area contributed by atoms with Gasteiger partial charge in [0.05, 0.1) is 19.4 Å². The zero-order valence-corrected chi connectivity index (χ0v) is 13.1. The fraction of sp³-hybridized carbons (Fsp3) is 0.438. The van der Waals surface area contributed by atoms with Crippen molar-refractivity contribution in [3.63, 3.8) is 0 Å². The van der Waals surface area contributed by atoms with Crippen molar-refractivity contribution in [2.24, 2.45) is 7.05 Å². The number of fused-ring (bicyclic) bond motifs is 1. The van der Waals surface area contributed by atoms with Crippen LogP contribution in [0.5, 0.6) is 11.5 Å². The highest BCUT2D eigenvalue weighted by Gasteiger charge is 2.10. The fourth-order valence-electron chi connectivity index (χ4n) is 2.30. The summed E-state index contributed by atoms with van der Waals surface area (Å²) >= 11 is 1.86. The van der Waals surface area contributed by atoms with Crippen LogP contribution < -0.4 is 9.47 Å². The van der Waals surface area contributed by atoms with Crippen LogP contribution in [0, 0.1) is 0 Å². The molecule has 0 spiro atoms. The van der Waals surface area contributed by atoms with Crippen LogP contribution in [-0.4, -0.2) is 28.7 Å². The molecule has 0 fully saturated rings. The third kappa shape index (κ3) is 3.94. The van der Waals surface area contributed by atoms with Crippen molar-refractivity contribution < 1.29 is 9.47 Å². The summed E-state index contributed by atoms with van der Waals surface area (Å²) < 4.78 is 13.2. The highest BCUT2D eigenvalue weighted by Crippen LogP contribution is 2.34. The van der Waals surface area contributed by atoms with Crippen molar-refractivity contribution >= 4 is 11.8 Å². The molecule has 1 aliphatic rings. The Morgan fingerprint density at radius 1 is 1.24 bits per heavy atom. The van der Waals surface area contributed by atoms with E-state index in [0.29, 0.717) is 0 Å². The number of thioether (sulfide) groups is 1. The normalized spacial score (nSPS) is 14.0. The molecular formula is C16H20N2O2S. The predicted octanol–water partition coefficient (Wildman–Crippen LogP) is 3.31. The molecule has 2 heterocycles. The first-order valence-corrected chi connectivity index (χ1v) is 8.30. The maximum Gasteiger partial charge on any atom is 0.162 e. The van der Waals surface area contributed by atoms with Gasteiger partial charge >= 0.3 is 0 Å². The van der Waals surface area contributed by atoms with Crippen LogP contribution in [0.1, 0.15) is 18.4 Å². The van der Waals surface area contributed by atoms with Gasteiger partial charge in [0.1, 0.15) is 0 Å². The summed E-state index contributed by atoms with van der Waals surface area (Å²) in [7, 11) is 1.95. The monoisotopic (exact) mass is 304 g/mol. The third-order valence-corrected chi connectivity index (χ3v) is 4.44. The number of nitrogens with zero attached hydrogens (tertiary/aromatic N) is 2. The lowest BCUT2D eigenvalue weighted by Crippen LogP contribution is -1.97. The summed E-state index contributed by atoms with van der Waals surface area (Å²) in [5.74, 6) is 2.84. The lowest BCUT2D eigenvalue weighted by Gasteiger charge is -2.09. The van der Waals surface area contributed by atoms with E-state index in [9.17, 15) is 0 Å². The summed E-state index contributed by atoms with van der Waals surface area (Å²) in [4.78, 5) is 1.24. The zero-order chi connectivity index (χ0) is 14.5. The van der Waals surface area contributed by atoms with Crippen LogP contribution >= 0.6 is 11.8 Å². The quantitative estimate of drug-likeness (QED) is 0.627. The van der Waals surface area contributed by atoms with Crippen molar-refractivity contribution in [2.45, 2.75) is 24.2 Å². The van der Waals surface area contributed by atoms with Gasteiger partial charge in [-0.2, -0.15) is 5.10 Å². The van der Waals surface area contributed by atoms with Crippen LogP contribution in [0.15, 0.2) is 35.5 Å². The minimum absolute atomic E-state index is 0.738. The van der Waals surface area contributed by atoms with Gasteiger partial charge in [0, 0.05) is 24.6 Å². The number of hydrogen-bond acceptors (Lipinski definition) is 4. The number of ether oxygens (including phenoxy) is 2. The Morgan fingerprint density at radius 2 is 2.10 bits per heavy atom. The minimum Gasteiger partial charge on any atom is -0.490 e. The molecule has 0 aliphatic carbocycles. The molecule has 1 aromatic carbocycles. The van der Waals surface area contributed by atoms with Gasteiger partial charge in [-0.15, -0.1) is 11.8 Å². The molecule has 2 aromatic rings. The van der Waals surface area contributed by atoms with Gasteiger partial charge in [-0.3, -0.25) is 4.68 Å². The molecule has 5 heteroatoms. The van der Waals surface area contributed by atoms with Crippen molar-refractivity contribution in [2.75, 3.05) is 19.0 Å². The molecule has 0 saturated carbocycles. The van der Waals surface area contributed by atoms with E-state index >= 15 is 0 Å². The van der Waals surface area contributed by atoms with E-state index in [2.05, 4.69) is 23.4 Å². The molecule has 112 valence electrons. The van der Waals surface area contributed by atoms with E-state index in [1.807, 2.05) is 35.8 Å². The first-order chi connectivity index (χ1) is 10.3. The zero-order valence-electron chi connectivity index (χ0n) is 12.2. The first kappa shape index (κ1) is 14.3. The molecule has 1 aliphatic heterocycles. The molecule has 4 nitrogen and oxygen atoms in total. The molecule has 0 atom stereocenters. The van der Waals surface area contributed by atoms with Crippen LogP contribution in [0.2, 0.25) is 0 Å². The fourth-order valence-corrected chi connectivity index (χ4v) is 3.18. The Balaban J connectivity index is 1.50. The average Bonchev–Trinajstić information content (AvgIpc) is 2.76. The molecule has 21 heavy (non-hydrogen) atoms. The van der Waals surface area contributed by atoms with Crippen molar-refractivity contribution in [1.82, 2.24) is 9.78 Å². The second kappa shape index (κ2) is 6.89. The van der Waals surface area contributed by atoms with Gasteiger partial charge in [-0.1, -0.05) is 0 Å². The van der Waals surface area contributed by atoms with Gasteiger partial charge in [-0.05, 0) is 42.4 Å². The largest absolute Gasteiger partial charge is 0.490 e. The van der Waals surface area contributed by atoms with Crippen molar-refractivity contribution in [3.05, 3.63) is 36.2 Å². The highest BCUT2D eigenvalue weighted by atomic mass is 32.2. The molecule has 0 bridgehead atoms. The smallest absolute Gasteiger partial charge is 0.162 e. The van der Waals surface area contributed by atoms with Crippen LogP contribution in [0.25, 0.3) is 0 Å². The van der Waals surface area contributed by atoms with Gasteiger partial charge < -0.3 is 9.47 Å². The standard InChI is InChI=1S/C16H20N2O2S/c1-18-12-13(11-17-18)4-2-9-21-14-5-6-15-16(10-14)20-8-3-7-19-15/h5-6,10-12H,2-4,7-9H2,1H3. The highest BCUT2D eigenvalue weighted by molar-refractivity contribution is 7.99. The molecular weight excluding hydrogens is 284 g/mol. The lowest BCUT2D eigenvalue weighted by atomic mass is 10.2. The lowest BCUT2D eigenvalue weighted by molar-refractivity contribution is 0.297. The van der Waals surface area contributed by atoms with Gasteiger partial charge in [-0.25, -0.2) is 0 Å². The molecule has 3 rings (SSSR count). The van der Waals surface area contributed by atoms with E-state index in [-0.39, 0.29) is 0 Å². The van der Waals surface area contributed by atoms with Crippen molar-refractivity contribution in [3.8, 4) is 11.5 Å². The van der Waals surface area contributed by atoms with E-state index in [1.54, 1.807) is 0 Å². The second-order valence-electron chi connectivity index (χ2n) is 5.13. The Labute approximate surface area is 129 Å². The predicted molar refractivity (Wildman–Crippen MR) is 84.3 cm³/mol. The van der Waals surface area contributed by atoms with Crippen molar-refractivity contribution in [1.29, 1.82) is 0 Å². The molecule has 0 amide bonds. The van der Waals surface area contributed by atoms with E-state index in [0.717, 1.165) is 49.7 Å². The first-order valence-electron chi connectivity index (χ1n) is 7.31. The molecule has 0 unspecified atom stereocenters. The number of rotatable bonds is 5. The Kier molecular flexibility index (Phi) is 4.70. The molecule has 0 radical (unpaired) electrons. The summed E-state index contributed by atoms with van der Waals surface area (Å²) in [6, 6.07) is 6.22. The Morgan fingerprint density at radius 3 is 2.90 bits per heavy atom. The summed E-state index contributed by atoms with van der Waals surface area (Å²) in [5.41, 5.74) is 1.30. The average molecular weight is 304 g/mol. The van der Waals surface area contributed by atoms with Gasteiger partial charge in [0.2, 0.25) is 0 Å². The SMILES string of the molecule is Cn1cc(CCCSc2ccc3c(c2)OCCCO3)cn1. The number of aromatic nitrogens is 2. The Hall–Kier alpha value is -1.62. The minimum atomic E-state index is 0.738. The third-order valence-electron chi connectivity index (χ3n) is 3.36. The van der Waals surface area contributed by atoms with Crippen LogP contribution in [0.4, 0.5) is 0 Å². The number of aryl methyl sites for hydroxylation is 2. The molecule has 0 N–H and O–H groups in total. The van der Waals surface area contributed by atoms with Gasteiger partial charge in [0.25, 0.3) is 0 Å².